The maximum atomic E-state index is 13.5. The number of rotatable bonds is 5. The second kappa shape index (κ2) is 7.43. The van der Waals surface area contributed by atoms with E-state index in [0.717, 1.165) is 18.9 Å². The SMILES string of the molecule is O=C(Nc1cnn(Cc2cccc(F)c2)c1)c1cc2nc(C3CC3)cc(C(F)(F)F)n2n1. The van der Waals surface area contributed by atoms with Crippen LogP contribution in [0.25, 0.3) is 5.65 Å². The Balaban J connectivity index is 1.38. The fourth-order valence-electron chi connectivity index (χ4n) is 3.43. The number of alkyl halides is 3. The number of nitrogens with one attached hydrogen (secondary N) is 1. The van der Waals surface area contributed by atoms with Gasteiger partial charge in [0, 0.05) is 23.9 Å². The maximum Gasteiger partial charge on any atom is 0.433 e. The zero-order valence-electron chi connectivity index (χ0n) is 16.5. The van der Waals surface area contributed by atoms with Crippen molar-refractivity contribution in [3.63, 3.8) is 0 Å². The first-order chi connectivity index (χ1) is 15.3. The molecule has 0 atom stereocenters. The summed E-state index contributed by atoms with van der Waals surface area (Å²) >= 11 is 0. The molecule has 0 unspecified atom stereocenters. The molecular formula is C21H16F4N6O. The minimum absolute atomic E-state index is 0.0113. The second-order valence-corrected chi connectivity index (χ2v) is 7.65. The molecule has 1 N–H and O–H groups in total. The smallest absolute Gasteiger partial charge is 0.318 e. The van der Waals surface area contributed by atoms with Crippen molar-refractivity contribution < 1.29 is 22.4 Å². The molecule has 164 valence electrons. The lowest BCUT2D eigenvalue weighted by Gasteiger charge is -2.10. The Morgan fingerprint density at radius 1 is 1.19 bits per heavy atom. The van der Waals surface area contributed by atoms with Crippen molar-refractivity contribution in [3.8, 4) is 0 Å². The summed E-state index contributed by atoms with van der Waals surface area (Å²) < 4.78 is 56.0. The van der Waals surface area contributed by atoms with Crippen LogP contribution in [0.5, 0.6) is 0 Å². The van der Waals surface area contributed by atoms with Crippen LogP contribution in [-0.4, -0.2) is 30.3 Å². The molecular weight excluding hydrogens is 428 g/mol. The molecule has 1 saturated carbocycles. The van der Waals surface area contributed by atoms with Gasteiger partial charge in [-0.05, 0) is 36.6 Å². The topological polar surface area (TPSA) is 77.1 Å². The van der Waals surface area contributed by atoms with Gasteiger partial charge in [-0.1, -0.05) is 12.1 Å². The first-order valence-corrected chi connectivity index (χ1v) is 9.82. The summed E-state index contributed by atoms with van der Waals surface area (Å²) in [5.41, 5.74) is 0.166. The van der Waals surface area contributed by atoms with E-state index in [1.165, 1.54) is 35.3 Å². The highest BCUT2D eigenvalue weighted by atomic mass is 19.4. The first-order valence-electron chi connectivity index (χ1n) is 9.82. The molecule has 1 aliphatic carbocycles. The molecule has 0 saturated heterocycles. The molecule has 0 spiro atoms. The number of hydrogen-bond donors (Lipinski definition) is 1. The zero-order valence-corrected chi connectivity index (χ0v) is 16.5. The third-order valence-corrected chi connectivity index (χ3v) is 5.09. The van der Waals surface area contributed by atoms with Crippen molar-refractivity contribution in [1.82, 2.24) is 24.4 Å². The average molecular weight is 444 g/mol. The third-order valence-electron chi connectivity index (χ3n) is 5.09. The zero-order chi connectivity index (χ0) is 22.5. The summed E-state index contributed by atoms with van der Waals surface area (Å²) in [5, 5.41) is 10.5. The number of hydrogen-bond acceptors (Lipinski definition) is 4. The van der Waals surface area contributed by atoms with Crippen LogP contribution in [0.4, 0.5) is 23.2 Å². The van der Waals surface area contributed by atoms with Gasteiger partial charge in [-0.25, -0.2) is 13.9 Å². The highest BCUT2D eigenvalue weighted by Gasteiger charge is 2.37. The van der Waals surface area contributed by atoms with Crippen LogP contribution < -0.4 is 5.32 Å². The standard InChI is InChI=1S/C21H16F4N6O/c22-14-3-1-2-12(6-14)10-30-11-15(9-26-30)27-20(32)17-8-19-28-16(13-4-5-13)7-18(21(23,24)25)31(19)29-17/h1-3,6-9,11,13H,4-5,10H2,(H,27,32). The number of carbonyl (C=O) groups is 1. The van der Waals surface area contributed by atoms with Crippen LogP contribution in [0.15, 0.2) is 48.8 Å². The molecule has 5 rings (SSSR count). The minimum atomic E-state index is -4.64. The Morgan fingerprint density at radius 2 is 2.00 bits per heavy atom. The van der Waals surface area contributed by atoms with E-state index in [-0.39, 0.29) is 29.6 Å². The van der Waals surface area contributed by atoms with Gasteiger partial charge in [-0.2, -0.15) is 23.4 Å². The summed E-state index contributed by atoms with van der Waals surface area (Å²) in [6.07, 6.45) is -0.132. The molecule has 32 heavy (non-hydrogen) atoms. The molecule has 0 bridgehead atoms. The summed E-state index contributed by atoms with van der Waals surface area (Å²) in [6, 6.07) is 8.25. The van der Waals surface area contributed by atoms with Crippen molar-refractivity contribution in [2.45, 2.75) is 31.5 Å². The number of nitrogens with zero attached hydrogens (tertiary/aromatic N) is 5. The summed E-state index contributed by atoms with van der Waals surface area (Å²) in [5.74, 6) is -1.05. The fourth-order valence-corrected chi connectivity index (χ4v) is 3.43. The predicted octanol–water partition coefficient (Wildman–Crippen LogP) is 4.26. The van der Waals surface area contributed by atoms with Crippen molar-refractivity contribution in [2.75, 3.05) is 5.32 Å². The van der Waals surface area contributed by atoms with Gasteiger partial charge < -0.3 is 5.32 Å². The number of fused-ring (bicyclic) bond motifs is 1. The average Bonchev–Trinajstić information content (AvgIpc) is 3.34. The van der Waals surface area contributed by atoms with E-state index in [0.29, 0.717) is 21.5 Å². The first kappa shape index (κ1) is 20.2. The van der Waals surface area contributed by atoms with Crippen LogP contribution in [0.3, 0.4) is 0 Å². The van der Waals surface area contributed by atoms with Crippen LogP contribution in [0.1, 0.15) is 46.2 Å². The summed E-state index contributed by atoms with van der Waals surface area (Å²) in [6.45, 7) is 0.283. The van der Waals surface area contributed by atoms with E-state index < -0.39 is 17.8 Å². The molecule has 7 nitrogen and oxygen atoms in total. The molecule has 1 aliphatic rings. The van der Waals surface area contributed by atoms with E-state index in [1.54, 1.807) is 12.1 Å². The number of aromatic nitrogens is 5. The number of halogens is 4. The highest BCUT2D eigenvalue weighted by molar-refractivity contribution is 6.03. The quantitative estimate of drug-likeness (QED) is 0.467. The molecule has 3 heterocycles. The number of anilines is 1. The number of carbonyl (C=O) groups excluding carboxylic acids is 1. The van der Waals surface area contributed by atoms with Crippen molar-refractivity contribution in [3.05, 3.63) is 77.3 Å². The van der Waals surface area contributed by atoms with E-state index in [4.69, 9.17) is 0 Å². The Labute approximate surface area is 178 Å². The van der Waals surface area contributed by atoms with Gasteiger partial charge in [0.05, 0.1) is 18.4 Å². The third kappa shape index (κ3) is 4.05. The maximum absolute atomic E-state index is 13.5. The summed E-state index contributed by atoms with van der Waals surface area (Å²) in [4.78, 5) is 16.9. The van der Waals surface area contributed by atoms with Gasteiger partial charge in [0.2, 0.25) is 0 Å². The molecule has 1 aromatic carbocycles. The van der Waals surface area contributed by atoms with Crippen molar-refractivity contribution in [2.24, 2.45) is 0 Å². The predicted molar refractivity (Wildman–Crippen MR) is 106 cm³/mol. The van der Waals surface area contributed by atoms with Crippen molar-refractivity contribution >= 4 is 17.2 Å². The largest absolute Gasteiger partial charge is 0.433 e. The second-order valence-electron chi connectivity index (χ2n) is 7.65. The van der Waals surface area contributed by atoms with E-state index in [1.807, 2.05) is 0 Å². The van der Waals surface area contributed by atoms with Crippen LogP contribution in [0, 0.1) is 5.82 Å². The Bertz CT molecular complexity index is 1320. The molecule has 0 radical (unpaired) electrons. The monoisotopic (exact) mass is 444 g/mol. The molecule has 1 fully saturated rings. The number of amides is 1. The van der Waals surface area contributed by atoms with Gasteiger partial charge in [0.15, 0.2) is 11.3 Å². The minimum Gasteiger partial charge on any atom is -0.318 e. The van der Waals surface area contributed by atoms with Gasteiger partial charge in [0.1, 0.15) is 11.5 Å². The van der Waals surface area contributed by atoms with Gasteiger partial charge >= 0.3 is 6.18 Å². The molecule has 3 aromatic heterocycles. The van der Waals surface area contributed by atoms with Crippen molar-refractivity contribution in [1.29, 1.82) is 0 Å². The lowest BCUT2D eigenvalue weighted by atomic mass is 10.2. The lowest BCUT2D eigenvalue weighted by molar-refractivity contribution is -0.142. The van der Waals surface area contributed by atoms with Crippen LogP contribution >= 0.6 is 0 Å². The Morgan fingerprint density at radius 3 is 2.72 bits per heavy atom. The Hall–Kier alpha value is -3.76. The number of benzene rings is 1. The van der Waals surface area contributed by atoms with Gasteiger partial charge in [-0.3, -0.25) is 9.48 Å². The van der Waals surface area contributed by atoms with E-state index in [9.17, 15) is 22.4 Å². The lowest BCUT2D eigenvalue weighted by Crippen LogP contribution is -2.16. The van der Waals surface area contributed by atoms with E-state index >= 15 is 0 Å². The molecule has 4 aromatic rings. The summed E-state index contributed by atoms with van der Waals surface area (Å²) in [7, 11) is 0. The van der Waals surface area contributed by atoms with Gasteiger partial charge in [-0.15, -0.1) is 0 Å². The molecule has 11 heteroatoms. The fraction of sp³-hybridized carbons (Fsp3) is 0.238. The van der Waals surface area contributed by atoms with Gasteiger partial charge in [0.25, 0.3) is 5.91 Å². The normalized spacial score (nSPS) is 14.1. The van der Waals surface area contributed by atoms with Crippen LogP contribution in [-0.2, 0) is 12.7 Å². The highest BCUT2D eigenvalue weighted by Crippen LogP contribution is 2.41. The molecule has 1 amide bonds. The van der Waals surface area contributed by atoms with E-state index in [2.05, 4.69) is 20.5 Å². The molecule has 0 aliphatic heterocycles. The van der Waals surface area contributed by atoms with Crippen LogP contribution in [0.2, 0.25) is 0 Å². The Kier molecular flexibility index (Phi) is 4.68.